The quantitative estimate of drug-likeness (QED) is 0.332. The maximum atomic E-state index is 11.6. The largest absolute Gasteiger partial charge is 0.508 e. The van der Waals surface area contributed by atoms with Gasteiger partial charge in [-0.25, -0.2) is 9.59 Å². The number of urea groups is 1. The fraction of sp³-hybridized carbons (Fsp3) is 0.286. The number of carboxylic acid groups (broad SMARTS) is 1. The highest BCUT2D eigenvalue weighted by molar-refractivity contribution is 6.00. The third kappa shape index (κ3) is 5.96. The van der Waals surface area contributed by atoms with Crippen molar-refractivity contribution < 1.29 is 24.5 Å². The molecular weight excluding hydrogens is 276 g/mol. The van der Waals surface area contributed by atoms with Gasteiger partial charge in [0.05, 0.1) is 24.5 Å². The topological polar surface area (TPSA) is 108 Å². The Morgan fingerprint density at radius 3 is 2.76 bits per heavy atom. The Labute approximate surface area is 122 Å². The number of benzene rings is 1. The van der Waals surface area contributed by atoms with E-state index in [1.165, 1.54) is 12.1 Å². The predicted octanol–water partition coefficient (Wildman–Crippen LogP) is 1.80. The average Bonchev–Trinajstić information content (AvgIpc) is 2.44. The number of aromatic hydroxyl groups is 1. The van der Waals surface area contributed by atoms with E-state index < -0.39 is 12.0 Å². The van der Waals surface area contributed by atoms with Crippen molar-refractivity contribution in [1.82, 2.24) is 5.32 Å². The second-order valence-corrected chi connectivity index (χ2v) is 4.11. The number of aromatic carboxylic acids is 1. The van der Waals surface area contributed by atoms with Crippen molar-refractivity contribution in [3.05, 3.63) is 36.4 Å². The van der Waals surface area contributed by atoms with Crippen molar-refractivity contribution in [2.24, 2.45) is 0 Å². The molecule has 7 heteroatoms. The summed E-state index contributed by atoms with van der Waals surface area (Å²) in [5, 5.41) is 23.2. The van der Waals surface area contributed by atoms with Gasteiger partial charge in [-0.2, -0.15) is 0 Å². The van der Waals surface area contributed by atoms with Gasteiger partial charge in [0.1, 0.15) is 5.75 Å². The van der Waals surface area contributed by atoms with E-state index in [1.807, 2.05) is 0 Å². The summed E-state index contributed by atoms with van der Waals surface area (Å²) >= 11 is 0. The summed E-state index contributed by atoms with van der Waals surface area (Å²) in [7, 11) is 0. The van der Waals surface area contributed by atoms with E-state index in [4.69, 9.17) is 9.84 Å². The van der Waals surface area contributed by atoms with Gasteiger partial charge in [0.25, 0.3) is 0 Å². The SMILES string of the molecule is C=CCCOCCNC(=O)Nc1ccc(O)cc1C(=O)O. The Bertz CT molecular complexity index is 516. The summed E-state index contributed by atoms with van der Waals surface area (Å²) < 4.78 is 5.21. The third-order valence-electron chi connectivity index (χ3n) is 2.48. The molecule has 0 unspecified atom stereocenters. The fourth-order valence-corrected chi connectivity index (χ4v) is 1.49. The number of anilines is 1. The maximum absolute atomic E-state index is 11.6. The lowest BCUT2D eigenvalue weighted by atomic mass is 10.1. The predicted molar refractivity (Wildman–Crippen MR) is 77.7 cm³/mol. The molecule has 0 spiro atoms. The zero-order chi connectivity index (χ0) is 15.7. The van der Waals surface area contributed by atoms with Crippen LogP contribution in [0.4, 0.5) is 10.5 Å². The molecular formula is C14H18N2O5. The van der Waals surface area contributed by atoms with Crippen molar-refractivity contribution in [2.45, 2.75) is 6.42 Å². The molecule has 0 saturated carbocycles. The molecule has 0 aromatic heterocycles. The highest BCUT2D eigenvalue weighted by Crippen LogP contribution is 2.21. The number of ether oxygens (including phenoxy) is 1. The number of carbonyl (C=O) groups excluding carboxylic acids is 1. The van der Waals surface area contributed by atoms with Crippen LogP contribution in [0.5, 0.6) is 5.75 Å². The van der Waals surface area contributed by atoms with Gasteiger partial charge >= 0.3 is 12.0 Å². The van der Waals surface area contributed by atoms with Crippen LogP contribution in [-0.2, 0) is 4.74 Å². The summed E-state index contributed by atoms with van der Waals surface area (Å²) in [6, 6.07) is 3.13. The summed E-state index contributed by atoms with van der Waals surface area (Å²) in [4.78, 5) is 22.6. The van der Waals surface area contributed by atoms with Crippen LogP contribution in [0.25, 0.3) is 0 Å². The standard InChI is InChI=1S/C14H18N2O5/c1-2-3-7-21-8-6-15-14(20)16-12-5-4-10(17)9-11(12)13(18)19/h2,4-5,9,17H,1,3,6-8H2,(H,18,19)(H2,15,16,20). The van der Waals surface area contributed by atoms with Gasteiger partial charge in [0, 0.05) is 6.54 Å². The van der Waals surface area contributed by atoms with E-state index in [9.17, 15) is 14.7 Å². The second-order valence-electron chi connectivity index (χ2n) is 4.11. The molecule has 0 fully saturated rings. The first kappa shape index (κ1) is 16.5. The molecule has 7 nitrogen and oxygen atoms in total. The van der Waals surface area contributed by atoms with Crippen LogP contribution in [-0.4, -0.2) is 42.0 Å². The first-order valence-corrected chi connectivity index (χ1v) is 6.34. The second kappa shape index (κ2) is 8.60. The Morgan fingerprint density at radius 2 is 2.10 bits per heavy atom. The van der Waals surface area contributed by atoms with Gasteiger partial charge in [0.2, 0.25) is 0 Å². The smallest absolute Gasteiger partial charge is 0.337 e. The number of hydrogen-bond donors (Lipinski definition) is 4. The number of carbonyl (C=O) groups is 2. The zero-order valence-corrected chi connectivity index (χ0v) is 11.5. The Morgan fingerprint density at radius 1 is 1.33 bits per heavy atom. The number of phenols is 1. The van der Waals surface area contributed by atoms with E-state index >= 15 is 0 Å². The number of carboxylic acids is 1. The maximum Gasteiger partial charge on any atom is 0.337 e. The molecule has 2 amide bonds. The average molecular weight is 294 g/mol. The highest BCUT2D eigenvalue weighted by Gasteiger charge is 2.13. The van der Waals surface area contributed by atoms with Crippen LogP contribution in [0.15, 0.2) is 30.9 Å². The number of rotatable bonds is 8. The molecule has 0 radical (unpaired) electrons. The molecule has 0 aliphatic carbocycles. The molecule has 0 heterocycles. The van der Waals surface area contributed by atoms with Gasteiger partial charge in [0.15, 0.2) is 0 Å². The molecule has 0 aliphatic heterocycles. The summed E-state index contributed by atoms with van der Waals surface area (Å²) in [6.07, 6.45) is 2.47. The number of amides is 2. The molecule has 1 rings (SSSR count). The Balaban J connectivity index is 2.44. The minimum atomic E-state index is -1.24. The number of nitrogens with one attached hydrogen (secondary N) is 2. The van der Waals surface area contributed by atoms with Gasteiger partial charge < -0.3 is 25.6 Å². The van der Waals surface area contributed by atoms with Crippen molar-refractivity contribution in [3.63, 3.8) is 0 Å². The first-order valence-electron chi connectivity index (χ1n) is 6.34. The summed E-state index contributed by atoms with van der Waals surface area (Å²) in [5.41, 5.74) is -0.0854. The molecule has 4 N–H and O–H groups in total. The molecule has 21 heavy (non-hydrogen) atoms. The van der Waals surface area contributed by atoms with Gasteiger partial charge in [-0.05, 0) is 24.6 Å². The molecule has 0 aliphatic rings. The lowest BCUT2D eigenvalue weighted by Gasteiger charge is -2.10. The normalized spacial score (nSPS) is 9.90. The van der Waals surface area contributed by atoms with E-state index in [0.717, 1.165) is 12.5 Å². The van der Waals surface area contributed by atoms with Crippen molar-refractivity contribution >= 4 is 17.7 Å². The van der Waals surface area contributed by atoms with E-state index in [-0.39, 0.29) is 17.0 Å². The Kier molecular flexibility index (Phi) is 6.76. The van der Waals surface area contributed by atoms with E-state index in [1.54, 1.807) is 6.08 Å². The first-order chi connectivity index (χ1) is 10.0. The Hall–Kier alpha value is -2.54. The number of hydrogen-bond acceptors (Lipinski definition) is 4. The third-order valence-corrected chi connectivity index (χ3v) is 2.48. The highest BCUT2D eigenvalue weighted by atomic mass is 16.5. The monoisotopic (exact) mass is 294 g/mol. The van der Waals surface area contributed by atoms with Crippen LogP contribution >= 0.6 is 0 Å². The van der Waals surface area contributed by atoms with Crippen LogP contribution in [0.3, 0.4) is 0 Å². The van der Waals surface area contributed by atoms with Crippen molar-refractivity contribution in [3.8, 4) is 5.75 Å². The molecule has 0 atom stereocenters. The fourth-order valence-electron chi connectivity index (χ4n) is 1.49. The van der Waals surface area contributed by atoms with Crippen LogP contribution in [0.1, 0.15) is 16.8 Å². The van der Waals surface area contributed by atoms with Crippen LogP contribution in [0, 0.1) is 0 Å². The molecule has 0 bridgehead atoms. The summed E-state index contributed by atoms with van der Waals surface area (Å²) in [5.74, 6) is -1.43. The molecule has 114 valence electrons. The number of phenolic OH excluding ortho intramolecular Hbond substituents is 1. The van der Waals surface area contributed by atoms with Gasteiger partial charge in [-0.1, -0.05) is 6.08 Å². The van der Waals surface area contributed by atoms with Crippen molar-refractivity contribution in [1.29, 1.82) is 0 Å². The van der Waals surface area contributed by atoms with Crippen molar-refractivity contribution in [2.75, 3.05) is 25.1 Å². The van der Waals surface area contributed by atoms with E-state index in [0.29, 0.717) is 19.8 Å². The van der Waals surface area contributed by atoms with Gasteiger partial charge in [-0.15, -0.1) is 6.58 Å². The minimum absolute atomic E-state index is 0.102. The molecule has 1 aromatic rings. The molecule has 1 aromatic carbocycles. The summed E-state index contributed by atoms with van der Waals surface area (Å²) in [6.45, 7) is 4.74. The lowest BCUT2D eigenvalue weighted by molar-refractivity contribution is 0.0697. The van der Waals surface area contributed by atoms with Crippen LogP contribution < -0.4 is 10.6 Å². The van der Waals surface area contributed by atoms with E-state index in [2.05, 4.69) is 17.2 Å². The zero-order valence-electron chi connectivity index (χ0n) is 11.5. The van der Waals surface area contributed by atoms with Gasteiger partial charge in [-0.3, -0.25) is 0 Å². The lowest BCUT2D eigenvalue weighted by Crippen LogP contribution is -2.32. The van der Waals surface area contributed by atoms with Crippen LogP contribution in [0.2, 0.25) is 0 Å². The minimum Gasteiger partial charge on any atom is -0.508 e. The molecule has 0 saturated heterocycles.